The van der Waals surface area contributed by atoms with Gasteiger partial charge in [0, 0.05) is 0 Å². The Bertz CT molecular complexity index is 968. The summed E-state index contributed by atoms with van der Waals surface area (Å²) in [5.41, 5.74) is 3.97. The van der Waals surface area contributed by atoms with Crippen molar-refractivity contribution in [2.45, 2.75) is 27.2 Å². The third-order valence-corrected chi connectivity index (χ3v) is 5.17. The molecule has 2 aromatic carbocycles. The first-order valence-electron chi connectivity index (χ1n) is 9.84. The Hall–Kier alpha value is -3.35. The van der Waals surface area contributed by atoms with Crippen LogP contribution in [-0.2, 0) is 25.5 Å². The number of fused-ring (bicyclic) bond motifs is 1. The molecule has 7 nitrogen and oxygen atoms in total. The second kappa shape index (κ2) is 8.98. The summed E-state index contributed by atoms with van der Waals surface area (Å²) in [7, 11) is 1.59. The van der Waals surface area contributed by atoms with E-state index in [0.717, 1.165) is 16.7 Å². The van der Waals surface area contributed by atoms with Gasteiger partial charge in [0.2, 0.25) is 11.8 Å². The van der Waals surface area contributed by atoms with Crippen molar-refractivity contribution < 1.29 is 23.9 Å². The summed E-state index contributed by atoms with van der Waals surface area (Å²) in [6.45, 7) is 5.55. The van der Waals surface area contributed by atoms with Crippen LogP contribution in [0.5, 0.6) is 5.75 Å². The van der Waals surface area contributed by atoms with Crippen LogP contribution in [0.1, 0.15) is 23.6 Å². The molecule has 0 N–H and O–H groups in total. The summed E-state index contributed by atoms with van der Waals surface area (Å²) in [5.74, 6) is -0.269. The number of amides is 2. The van der Waals surface area contributed by atoms with Crippen LogP contribution in [0.2, 0.25) is 0 Å². The average molecular weight is 410 g/mol. The minimum atomic E-state index is -0.479. The highest BCUT2D eigenvalue weighted by Crippen LogP contribution is 2.36. The van der Waals surface area contributed by atoms with E-state index in [1.54, 1.807) is 26.2 Å². The van der Waals surface area contributed by atoms with Crippen LogP contribution in [0.15, 0.2) is 36.4 Å². The van der Waals surface area contributed by atoms with E-state index in [1.165, 1.54) is 9.80 Å². The quantitative estimate of drug-likeness (QED) is 0.685. The molecule has 3 rings (SSSR count). The number of aryl methyl sites for hydroxylation is 2. The van der Waals surface area contributed by atoms with E-state index < -0.39 is 5.97 Å². The molecule has 1 aliphatic rings. The first-order valence-corrected chi connectivity index (χ1v) is 9.84. The Labute approximate surface area is 176 Å². The number of esters is 1. The third-order valence-electron chi connectivity index (χ3n) is 5.17. The molecule has 1 heterocycles. The van der Waals surface area contributed by atoms with E-state index >= 15 is 0 Å². The molecule has 0 spiro atoms. The van der Waals surface area contributed by atoms with Gasteiger partial charge in [-0.1, -0.05) is 12.1 Å². The normalized spacial score (nSPS) is 13.1. The molecule has 0 unspecified atom stereocenters. The Balaban J connectivity index is 1.91. The maximum atomic E-state index is 13.1. The van der Waals surface area contributed by atoms with Gasteiger partial charge in [-0.25, -0.2) is 0 Å². The minimum Gasteiger partial charge on any atom is -0.497 e. The van der Waals surface area contributed by atoms with E-state index in [1.807, 2.05) is 38.1 Å². The summed E-state index contributed by atoms with van der Waals surface area (Å²) in [4.78, 5) is 40.9. The molecule has 0 bridgehead atoms. The van der Waals surface area contributed by atoms with Crippen molar-refractivity contribution in [2.24, 2.45) is 0 Å². The predicted molar refractivity (Wildman–Crippen MR) is 114 cm³/mol. The highest BCUT2D eigenvalue weighted by Gasteiger charge is 2.34. The van der Waals surface area contributed by atoms with Crippen LogP contribution in [0.3, 0.4) is 0 Å². The van der Waals surface area contributed by atoms with E-state index in [-0.39, 0.29) is 37.9 Å². The van der Waals surface area contributed by atoms with Gasteiger partial charge in [-0.3, -0.25) is 19.3 Å². The second-order valence-corrected chi connectivity index (χ2v) is 7.21. The standard InChI is InChI=1S/C23H26N2O5/c1-5-30-23(28)14-25-20-11-16(3)15(2)10-19(20)24(13-22(25)27)21(26)12-17-6-8-18(29-4)9-7-17/h6-11H,5,12-14H2,1-4H3. The number of nitrogens with zero attached hydrogens (tertiary/aromatic N) is 2. The van der Waals surface area contributed by atoms with Crippen molar-refractivity contribution in [3.8, 4) is 5.75 Å². The SMILES string of the molecule is CCOC(=O)CN1C(=O)CN(C(=O)Cc2ccc(OC)cc2)c2cc(C)c(C)cc21. The molecule has 0 aliphatic carbocycles. The highest BCUT2D eigenvalue weighted by atomic mass is 16.5. The van der Waals surface area contributed by atoms with Crippen molar-refractivity contribution in [1.82, 2.24) is 0 Å². The summed E-state index contributed by atoms with van der Waals surface area (Å²) >= 11 is 0. The molecule has 1 aliphatic heterocycles. The van der Waals surface area contributed by atoms with Gasteiger partial charge in [-0.15, -0.1) is 0 Å². The number of methoxy groups -OCH3 is 1. The zero-order valence-corrected chi connectivity index (χ0v) is 17.7. The van der Waals surface area contributed by atoms with E-state index in [4.69, 9.17) is 9.47 Å². The molecule has 0 saturated heterocycles. The molecule has 2 amide bonds. The smallest absolute Gasteiger partial charge is 0.326 e. The summed E-state index contributed by atoms with van der Waals surface area (Å²) in [6.07, 6.45) is 0.154. The molecule has 0 saturated carbocycles. The summed E-state index contributed by atoms with van der Waals surface area (Å²) < 4.78 is 10.2. The molecule has 0 atom stereocenters. The number of hydrogen-bond acceptors (Lipinski definition) is 5. The maximum Gasteiger partial charge on any atom is 0.326 e. The minimum absolute atomic E-state index is 0.121. The van der Waals surface area contributed by atoms with Crippen molar-refractivity contribution in [3.63, 3.8) is 0 Å². The van der Waals surface area contributed by atoms with Crippen molar-refractivity contribution in [1.29, 1.82) is 0 Å². The zero-order chi connectivity index (χ0) is 21.8. The van der Waals surface area contributed by atoms with Crippen molar-refractivity contribution in [3.05, 3.63) is 53.1 Å². The van der Waals surface area contributed by atoms with Crippen LogP contribution < -0.4 is 14.5 Å². The lowest BCUT2D eigenvalue weighted by Gasteiger charge is -2.36. The van der Waals surface area contributed by atoms with E-state index in [0.29, 0.717) is 17.1 Å². The van der Waals surface area contributed by atoms with Gasteiger partial charge in [-0.05, 0) is 61.7 Å². The molecule has 0 radical (unpaired) electrons. The zero-order valence-electron chi connectivity index (χ0n) is 17.7. The fourth-order valence-corrected chi connectivity index (χ4v) is 3.40. The van der Waals surface area contributed by atoms with E-state index in [9.17, 15) is 14.4 Å². The second-order valence-electron chi connectivity index (χ2n) is 7.21. The van der Waals surface area contributed by atoms with Crippen LogP contribution in [0.4, 0.5) is 11.4 Å². The van der Waals surface area contributed by atoms with Gasteiger partial charge >= 0.3 is 5.97 Å². The molecular formula is C23H26N2O5. The largest absolute Gasteiger partial charge is 0.497 e. The van der Waals surface area contributed by atoms with Crippen molar-refractivity contribution >= 4 is 29.2 Å². The fourth-order valence-electron chi connectivity index (χ4n) is 3.40. The summed E-state index contributed by atoms with van der Waals surface area (Å²) in [5, 5.41) is 0. The van der Waals surface area contributed by atoms with Gasteiger partial charge < -0.3 is 14.4 Å². The van der Waals surface area contributed by atoms with Crippen LogP contribution >= 0.6 is 0 Å². The predicted octanol–water partition coefficient (Wildman–Crippen LogP) is 2.80. The number of carbonyl (C=O) groups is 3. The Kier molecular flexibility index (Phi) is 6.40. The first-order chi connectivity index (χ1) is 14.3. The number of hydrogen-bond donors (Lipinski definition) is 0. The lowest BCUT2D eigenvalue weighted by molar-refractivity contribution is -0.142. The van der Waals surface area contributed by atoms with E-state index in [2.05, 4.69) is 0 Å². The lowest BCUT2D eigenvalue weighted by Crippen LogP contribution is -2.50. The Morgan fingerprint density at radius 3 is 2.27 bits per heavy atom. The van der Waals surface area contributed by atoms with Gasteiger partial charge in [0.1, 0.15) is 18.8 Å². The maximum absolute atomic E-state index is 13.1. The van der Waals surface area contributed by atoms with Crippen LogP contribution in [0.25, 0.3) is 0 Å². The summed E-state index contributed by atoms with van der Waals surface area (Å²) in [6, 6.07) is 11.0. The first kappa shape index (κ1) is 21.4. The molecule has 30 heavy (non-hydrogen) atoms. The molecule has 0 aromatic heterocycles. The van der Waals surface area contributed by atoms with Gasteiger partial charge in [-0.2, -0.15) is 0 Å². The average Bonchev–Trinajstić information content (AvgIpc) is 2.72. The number of benzene rings is 2. The molecule has 0 fully saturated rings. The number of carbonyl (C=O) groups excluding carboxylic acids is 3. The Morgan fingerprint density at radius 2 is 1.67 bits per heavy atom. The molecule has 158 valence electrons. The topological polar surface area (TPSA) is 76.2 Å². The Morgan fingerprint density at radius 1 is 1.03 bits per heavy atom. The fraction of sp³-hybridized carbons (Fsp3) is 0.348. The van der Waals surface area contributed by atoms with Gasteiger partial charge in [0.05, 0.1) is 31.5 Å². The molecular weight excluding hydrogens is 384 g/mol. The van der Waals surface area contributed by atoms with Gasteiger partial charge in [0.25, 0.3) is 0 Å². The third kappa shape index (κ3) is 4.45. The van der Waals surface area contributed by atoms with Crippen molar-refractivity contribution in [2.75, 3.05) is 36.6 Å². The number of anilines is 2. The molecule has 2 aromatic rings. The monoisotopic (exact) mass is 410 g/mol. The van der Waals surface area contributed by atoms with Crippen LogP contribution in [-0.4, -0.2) is 44.6 Å². The lowest BCUT2D eigenvalue weighted by atomic mass is 10.0. The highest BCUT2D eigenvalue weighted by molar-refractivity contribution is 6.13. The molecule has 7 heteroatoms. The van der Waals surface area contributed by atoms with Gasteiger partial charge in [0.15, 0.2) is 0 Å². The van der Waals surface area contributed by atoms with Crippen LogP contribution in [0, 0.1) is 13.8 Å². The number of ether oxygens (including phenoxy) is 2. The number of rotatable bonds is 6.